The summed E-state index contributed by atoms with van der Waals surface area (Å²) in [6.07, 6.45) is 6.65. The first-order valence-corrected chi connectivity index (χ1v) is 11.0. The fourth-order valence-corrected chi connectivity index (χ4v) is 5.21. The minimum atomic E-state index is -0.447. The molecule has 8 nitrogen and oxygen atoms in total. The lowest BCUT2D eigenvalue weighted by atomic mass is 10.1. The zero-order valence-corrected chi connectivity index (χ0v) is 17.6. The van der Waals surface area contributed by atoms with Gasteiger partial charge in [-0.25, -0.2) is 0 Å². The molecule has 0 radical (unpaired) electrons. The van der Waals surface area contributed by atoms with Crippen molar-refractivity contribution in [3.05, 3.63) is 39.4 Å². The highest BCUT2D eigenvalue weighted by Crippen LogP contribution is 2.27. The zero-order chi connectivity index (χ0) is 21.3. The van der Waals surface area contributed by atoms with Gasteiger partial charge in [0.05, 0.1) is 4.92 Å². The number of nitrogens with zero attached hydrogens (tertiary/aromatic N) is 4. The molecule has 3 fully saturated rings. The molecule has 1 atom stereocenters. The van der Waals surface area contributed by atoms with E-state index in [2.05, 4.69) is 4.90 Å². The van der Waals surface area contributed by atoms with Crippen molar-refractivity contribution in [1.82, 2.24) is 14.7 Å². The van der Waals surface area contributed by atoms with Crippen molar-refractivity contribution in [2.75, 3.05) is 32.7 Å². The van der Waals surface area contributed by atoms with E-state index in [1.165, 1.54) is 37.8 Å². The molecular weight excluding hydrogens is 384 g/mol. The summed E-state index contributed by atoms with van der Waals surface area (Å²) in [4.78, 5) is 43.0. The molecule has 2 amide bonds. The van der Waals surface area contributed by atoms with E-state index in [0.29, 0.717) is 30.1 Å². The highest BCUT2D eigenvalue weighted by molar-refractivity contribution is 5.98. The van der Waals surface area contributed by atoms with Crippen molar-refractivity contribution in [2.45, 2.75) is 57.5 Å². The number of nitro groups is 1. The number of aryl methyl sites for hydroxylation is 1. The van der Waals surface area contributed by atoms with Crippen molar-refractivity contribution in [3.63, 3.8) is 0 Å². The van der Waals surface area contributed by atoms with E-state index < -0.39 is 11.0 Å². The van der Waals surface area contributed by atoms with Crippen molar-refractivity contribution < 1.29 is 14.5 Å². The highest BCUT2D eigenvalue weighted by atomic mass is 16.6. The Labute approximate surface area is 177 Å². The van der Waals surface area contributed by atoms with Crippen LogP contribution in [0.25, 0.3) is 0 Å². The lowest BCUT2D eigenvalue weighted by Gasteiger charge is -2.39. The van der Waals surface area contributed by atoms with Gasteiger partial charge in [0.2, 0.25) is 5.91 Å². The van der Waals surface area contributed by atoms with Gasteiger partial charge in [0, 0.05) is 56.0 Å². The summed E-state index contributed by atoms with van der Waals surface area (Å²) < 4.78 is 0. The molecule has 1 unspecified atom stereocenters. The Bertz CT molecular complexity index is 828. The first kappa shape index (κ1) is 20.8. The number of hydrogen-bond acceptors (Lipinski definition) is 5. The molecule has 0 bridgehead atoms. The maximum Gasteiger partial charge on any atom is 0.272 e. The third-order valence-electron chi connectivity index (χ3n) is 6.91. The van der Waals surface area contributed by atoms with Gasteiger partial charge in [-0.2, -0.15) is 0 Å². The Morgan fingerprint density at radius 1 is 1.00 bits per heavy atom. The molecular formula is C22H30N4O4. The Kier molecular flexibility index (Phi) is 6.04. The van der Waals surface area contributed by atoms with E-state index >= 15 is 0 Å². The van der Waals surface area contributed by atoms with Gasteiger partial charge < -0.3 is 9.80 Å². The van der Waals surface area contributed by atoms with Crippen LogP contribution < -0.4 is 0 Å². The SMILES string of the molecule is Cc1cc(C(=O)N2CCCC2C(=O)N2CCN(C3CCCC3)CC2)ccc1[N+](=O)[O-]. The van der Waals surface area contributed by atoms with Crippen molar-refractivity contribution in [1.29, 1.82) is 0 Å². The number of carbonyl (C=O) groups excluding carboxylic acids is 2. The number of piperazine rings is 1. The van der Waals surface area contributed by atoms with Crippen LogP contribution >= 0.6 is 0 Å². The van der Waals surface area contributed by atoms with Crippen LogP contribution in [0.1, 0.15) is 54.4 Å². The van der Waals surface area contributed by atoms with Crippen LogP contribution in [-0.4, -0.2) is 76.2 Å². The molecule has 1 aliphatic carbocycles. The Morgan fingerprint density at radius 3 is 2.33 bits per heavy atom. The monoisotopic (exact) mass is 414 g/mol. The molecule has 3 aliphatic rings. The van der Waals surface area contributed by atoms with Gasteiger partial charge in [-0.3, -0.25) is 24.6 Å². The number of amides is 2. The fourth-order valence-electron chi connectivity index (χ4n) is 5.21. The Balaban J connectivity index is 1.40. The van der Waals surface area contributed by atoms with Crippen LogP contribution in [0.5, 0.6) is 0 Å². The lowest BCUT2D eigenvalue weighted by molar-refractivity contribution is -0.385. The van der Waals surface area contributed by atoms with Crippen LogP contribution in [0.15, 0.2) is 18.2 Å². The smallest absolute Gasteiger partial charge is 0.272 e. The average Bonchev–Trinajstić information content (AvgIpc) is 3.44. The molecule has 0 N–H and O–H groups in total. The molecule has 0 spiro atoms. The van der Waals surface area contributed by atoms with Crippen LogP contribution in [0.4, 0.5) is 5.69 Å². The quantitative estimate of drug-likeness (QED) is 0.558. The first-order chi connectivity index (χ1) is 14.5. The third kappa shape index (κ3) is 4.05. The second-order valence-corrected chi connectivity index (χ2v) is 8.71. The summed E-state index contributed by atoms with van der Waals surface area (Å²) in [6, 6.07) is 4.68. The van der Waals surface area contributed by atoms with Crippen LogP contribution in [0.2, 0.25) is 0 Å². The summed E-state index contributed by atoms with van der Waals surface area (Å²) >= 11 is 0. The molecule has 1 aromatic carbocycles. The number of carbonyl (C=O) groups is 2. The molecule has 2 aliphatic heterocycles. The van der Waals surface area contributed by atoms with E-state index in [-0.39, 0.29) is 17.5 Å². The summed E-state index contributed by atoms with van der Waals surface area (Å²) in [6.45, 7) is 5.46. The number of rotatable bonds is 4. The van der Waals surface area contributed by atoms with Crippen molar-refractivity contribution >= 4 is 17.5 Å². The van der Waals surface area contributed by atoms with E-state index in [4.69, 9.17) is 0 Å². The standard InChI is InChI=1S/C22H30N4O4/c1-16-15-17(8-9-19(16)26(29)30)21(27)25-10-4-7-20(25)22(28)24-13-11-23(12-14-24)18-5-2-3-6-18/h8-9,15,18,20H,2-7,10-14H2,1H3. The second kappa shape index (κ2) is 8.71. The predicted octanol–water partition coefficient (Wildman–Crippen LogP) is 2.59. The van der Waals surface area contributed by atoms with Crippen LogP contribution in [-0.2, 0) is 4.79 Å². The molecule has 2 heterocycles. The predicted molar refractivity (Wildman–Crippen MR) is 112 cm³/mol. The van der Waals surface area contributed by atoms with Crippen LogP contribution in [0.3, 0.4) is 0 Å². The van der Waals surface area contributed by atoms with Gasteiger partial charge in [-0.05, 0) is 44.7 Å². The minimum Gasteiger partial charge on any atom is -0.338 e. The minimum absolute atomic E-state index is 0.000678. The molecule has 4 rings (SSSR count). The summed E-state index contributed by atoms with van der Waals surface area (Å²) in [5, 5.41) is 11.0. The highest BCUT2D eigenvalue weighted by Gasteiger charge is 2.38. The molecule has 162 valence electrons. The summed E-state index contributed by atoms with van der Waals surface area (Å²) in [7, 11) is 0. The van der Waals surface area contributed by atoms with E-state index in [1.54, 1.807) is 17.9 Å². The normalized spacial score (nSPS) is 23.2. The number of benzene rings is 1. The Hall–Kier alpha value is -2.48. The van der Waals surface area contributed by atoms with Gasteiger partial charge >= 0.3 is 0 Å². The third-order valence-corrected chi connectivity index (χ3v) is 6.91. The Morgan fingerprint density at radius 2 is 1.70 bits per heavy atom. The van der Waals surface area contributed by atoms with Crippen molar-refractivity contribution in [3.8, 4) is 0 Å². The van der Waals surface area contributed by atoms with Gasteiger partial charge in [-0.1, -0.05) is 12.8 Å². The fraction of sp³-hybridized carbons (Fsp3) is 0.636. The van der Waals surface area contributed by atoms with E-state index in [1.807, 2.05) is 4.90 Å². The topological polar surface area (TPSA) is 87.0 Å². The van der Waals surface area contributed by atoms with Gasteiger partial charge in [-0.15, -0.1) is 0 Å². The summed E-state index contributed by atoms with van der Waals surface area (Å²) in [5.74, 6) is -0.168. The average molecular weight is 415 g/mol. The second-order valence-electron chi connectivity index (χ2n) is 8.71. The number of likely N-dealkylation sites (tertiary alicyclic amines) is 1. The number of nitro benzene ring substituents is 1. The molecule has 8 heteroatoms. The first-order valence-electron chi connectivity index (χ1n) is 11.0. The van der Waals surface area contributed by atoms with Crippen molar-refractivity contribution in [2.24, 2.45) is 0 Å². The van der Waals surface area contributed by atoms with E-state index in [0.717, 1.165) is 32.6 Å². The molecule has 1 aromatic rings. The van der Waals surface area contributed by atoms with E-state index in [9.17, 15) is 19.7 Å². The molecule has 0 aromatic heterocycles. The molecule has 1 saturated carbocycles. The van der Waals surface area contributed by atoms with Gasteiger partial charge in [0.1, 0.15) is 6.04 Å². The summed E-state index contributed by atoms with van der Waals surface area (Å²) in [5.41, 5.74) is 0.862. The largest absolute Gasteiger partial charge is 0.338 e. The number of hydrogen-bond donors (Lipinski definition) is 0. The lowest BCUT2D eigenvalue weighted by Crippen LogP contribution is -2.55. The van der Waals surface area contributed by atoms with Crippen LogP contribution in [0, 0.1) is 17.0 Å². The van der Waals surface area contributed by atoms with Gasteiger partial charge in [0.25, 0.3) is 11.6 Å². The molecule has 30 heavy (non-hydrogen) atoms. The zero-order valence-electron chi connectivity index (χ0n) is 17.6. The maximum atomic E-state index is 13.2. The van der Waals surface area contributed by atoms with Gasteiger partial charge in [0.15, 0.2) is 0 Å². The molecule has 2 saturated heterocycles. The maximum absolute atomic E-state index is 13.2.